The summed E-state index contributed by atoms with van der Waals surface area (Å²) in [7, 11) is 3.24. The number of ether oxygens (including phenoxy) is 2. The van der Waals surface area contributed by atoms with Crippen LogP contribution in [0.25, 0.3) is 0 Å². The lowest BCUT2D eigenvalue weighted by Gasteiger charge is -2.21. The Kier molecular flexibility index (Phi) is 3.81. The van der Waals surface area contributed by atoms with Crippen LogP contribution in [0.15, 0.2) is 18.7 Å². The summed E-state index contributed by atoms with van der Waals surface area (Å²) in [5.74, 6) is 2.10. The fraction of sp³-hybridized carbons (Fsp3) is 0.429. The van der Waals surface area contributed by atoms with E-state index >= 15 is 0 Å². The maximum Gasteiger partial charge on any atom is 0.219 e. The molecule has 0 amide bonds. The maximum atomic E-state index is 5.33. The molecule has 3 rings (SSSR count). The van der Waals surface area contributed by atoms with E-state index in [0.717, 1.165) is 43.0 Å². The first-order valence-electron chi connectivity index (χ1n) is 6.79. The van der Waals surface area contributed by atoms with Crippen molar-refractivity contribution in [1.29, 1.82) is 0 Å². The van der Waals surface area contributed by atoms with Crippen LogP contribution in [0.2, 0.25) is 0 Å². The Morgan fingerprint density at radius 1 is 0.952 bits per heavy atom. The molecule has 0 radical (unpaired) electrons. The highest BCUT2D eigenvalue weighted by Gasteiger charge is 2.20. The van der Waals surface area contributed by atoms with E-state index in [4.69, 9.17) is 9.47 Å². The van der Waals surface area contributed by atoms with Crippen molar-refractivity contribution in [1.82, 2.24) is 19.9 Å². The van der Waals surface area contributed by atoms with E-state index in [9.17, 15) is 0 Å². The van der Waals surface area contributed by atoms with Gasteiger partial charge in [0.15, 0.2) is 0 Å². The lowest BCUT2D eigenvalue weighted by atomic mass is 10.1. The third kappa shape index (κ3) is 2.72. The standard InChI is InChI=1S/C14H17N5O2/c1-20-13-7-12(16-9-17-13)19-5-3-10-11(4-6-19)15-8-18-14(10)21-2/h7-9H,3-6H2,1-2H3. The number of anilines is 1. The molecule has 110 valence electrons. The van der Waals surface area contributed by atoms with Crippen LogP contribution in [-0.2, 0) is 12.8 Å². The minimum Gasteiger partial charge on any atom is -0.481 e. The van der Waals surface area contributed by atoms with Crippen molar-refractivity contribution in [3.63, 3.8) is 0 Å². The molecule has 0 N–H and O–H groups in total. The van der Waals surface area contributed by atoms with Crippen molar-refractivity contribution in [3.05, 3.63) is 30.0 Å². The highest BCUT2D eigenvalue weighted by atomic mass is 16.5. The number of nitrogens with zero attached hydrogens (tertiary/aromatic N) is 5. The molecule has 0 aromatic carbocycles. The molecular formula is C14H17N5O2. The molecule has 7 nitrogen and oxygen atoms in total. The fourth-order valence-corrected chi connectivity index (χ4v) is 2.52. The molecule has 0 saturated carbocycles. The van der Waals surface area contributed by atoms with Gasteiger partial charge in [0.2, 0.25) is 11.8 Å². The minimum absolute atomic E-state index is 0.569. The van der Waals surface area contributed by atoms with Crippen molar-refractivity contribution in [3.8, 4) is 11.8 Å². The zero-order valence-electron chi connectivity index (χ0n) is 12.1. The monoisotopic (exact) mass is 287 g/mol. The Hall–Kier alpha value is -2.44. The van der Waals surface area contributed by atoms with Crippen molar-refractivity contribution < 1.29 is 9.47 Å². The van der Waals surface area contributed by atoms with E-state index in [-0.39, 0.29) is 0 Å². The van der Waals surface area contributed by atoms with Crippen LogP contribution < -0.4 is 14.4 Å². The second-order valence-electron chi connectivity index (χ2n) is 4.71. The van der Waals surface area contributed by atoms with Crippen molar-refractivity contribution in [2.45, 2.75) is 12.8 Å². The summed E-state index contributed by atoms with van der Waals surface area (Å²) in [5, 5.41) is 0. The summed E-state index contributed by atoms with van der Waals surface area (Å²) in [6.45, 7) is 1.67. The highest BCUT2D eigenvalue weighted by molar-refractivity contribution is 5.43. The first kappa shape index (κ1) is 13.5. The maximum absolute atomic E-state index is 5.33. The van der Waals surface area contributed by atoms with Crippen molar-refractivity contribution in [2.24, 2.45) is 0 Å². The molecule has 3 heterocycles. The van der Waals surface area contributed by atoms with Gasteiger partial charge in [-0.3, -0.25) is 0 Å². The summed E-state index contributed by atoms with van der Waals surface area (Å²) in [6.07, 6.45) is 4.74. The molecule has 2 aromatic heterocycles. The van der Waals surface area contributed by atoms with Gasteiger partial charge in [0.25, 0.3) is 0 Å². The minimum atomic E-state index is 0.569. The number of hydrogen-bond donors (Lipinski definition) is 0. The summed E-state index contributed by atoms with van der Waals surface area (Å²) < 4.78 is 10.5. The van der Waals surface area contributed by atoms with E-state index < -0.39 is 0 Å². The molecule has 21 heavy (non-hydrogen) atoms. The summed E-state index contributed by atoms with van der Waals surface area (Å²) in [4.78, 5) is 19.1. The molecule has 0 spiro atoms. The number of rotatable bonds is 3. The number of hydrogen-bond acceptors (Lipinski definition) is 7. The van der Waals surface area contributed by atoms with Gasteiger partial charge < -0.3 is 14.4 Å². The summed E-state index contributed by atoms with van der Waals surface area (Å²) in [5.41, 5.74) is 2.13. The second kappa shape index (κ2) is 5.90. The Bertz CT molecular complexity index is 635. The SMILES string of the molecule is COc1cc(N2CCc3ncnc(OC)c3CC2)ncn1. The average Bonchev–Trinajstić information content (AvgIpc) is 2.77. The average molecular weight is 287 g/mol. The van der Waals surface area contributed by atoms with E-state index in [2.05, 4.69) is 24.8 Å². The largest absolute Gasteiger partial charge is 0.481 e. The highest BCUT2D eigenvalue weighted by Crippen LogP contribution is 2.24. The summed E-state index contributed by atoms with van der Waals surface area (Å²) >= 11 is 0. The zero-order valence-corrected chi connectivity index (χ0v) is 12.1. The fourth-order valence-electron chi connectivity index (χ4n) is 2.52. The van der Waals surface area contributed by atoms with Gasteiger partial charge in [-0.1, -0.05) is 0 Å². The van der Waals surface area contributed by atoms with Gasteiger partial charge in [0, 0.05) is 31.1 Å². The van der Waals surface area contributed by atoms with Gasteiger partial charge >= 0.3 is 0 Å². The summed E-state index contributed by atoms with van der Waals surface area (Å²) in [6, 6.07) is 1.85. The van der Waals surface area contributed by atoms with Crippen molar-refractivity contribution in [2.75, 3.05) is 32.2 Å². The van der Waals surface area contributed by atoms with Crippen LogP contribution >= 0.6 is 0 Å². The van der Waals surface area contributed by atoms with Gasteiger partial charge in [-0.25, -0.2) is 19.9 Å². The van der Waals surface area contributed by atoms with Crippen molar-refractivity contribution >= 4 is 5.82 Å². The Balaban J connectivity index is 1.84. The molecule has 1 aliphatic heterocycles. The number of aromatic nitrogens is 4. The van der Waals surface area contributed by atoms with Gasteiger partial charge in [0.1, 0.15) is 18.5 Å². The van der Waals surface area contributed by atoms with Crippen LogP contribution in [0.3, 0.4) is 0 Å². The molecule has 0 unspecified atom stereocenters. The molecule has 0 fully saturated rings. The predicted octanol–water partition coefficient (Wildman–Crippen LogP) is 0.889. The first-order chi connectivity index (χ1) is 10.3. The molecule has 0 bridgehead atoms. The van der Waals surface area contributed by atoms with Gasteiger partial charge in [0.05, 0.1) is 19.9 Å². The van der Waals surface area contributed by atoms with Crippen LogP contribution in [0.4, 0.5) is 5.82 Å². The van der Waals surface area contributed by atoms with Crippen LogP contribution in [0.1, 0.15) is 11.3 Å². The van der Waals surface area contributed by atoms with Crippen LogP contribution in [0.5, 0.6) is 11.8 Å². The molecule has 1 aliphatic rings. The molecular weight excluding hydrogens is 270 g/mol. The topological polar surface area (TPSA) is 73.3 Å². The molecule has 7 heteroatoms. The Labute approximate surface area is 123 Å². The molecule has 0 saturated heterocycles. The second-order valence-corrected chi connectivity index (χ2v) is 4.71. The lowest BCUT2D eigenvalue weighted by Crippen LogP contribution is -2.27. The van der Waals surface area contributed by atoms with E-state index in [0.29, 0.717) is 11.8 Å². The van der Waals surface area contributed by atoms with E-state index in [1.165, 1.54) is 6.33 Å². The van der Waals surface area contributed by atoms with Crippen LogP contribution in [-0.4, -0.2) is 47.2 Å². The number of methoxy groups -OCH3 is 2. The Morgan fingerprint density at radius 2 is 1.76 bits per heavy atom. The van der Waals surface area contributed by atoms with Gasteiger partial charge in [-0.05, 0) is 6.42 Å². The molecule has 0 atom stereocenters. The van der Waals surface area contributed by atoms with E-state index in [1.807, 2.05) is 6.07 Å². The van der Waals surface area contributed by atoms with E-state index in [1.54, 1.807) is 20.5 Å². The number of fused-ring (bicyclic) bond motifs is 1. The third-order valence-electron chi connectivity index (χ3n) is 3.60. The predicted molar refractivity (Wildman–Crippen MR) is 76.8 cm³/mol. The van der Waals surface area contributed by atoms with Gasteiger partial charge in [-0.2, -0.15) is 0 Å². The molecule has 0 aliphatic carbocycles. The lowest BCUT2D eigenvalue weighted by molar-refractivity contribution is 0.390. The Morgan fingerprint density at radius 3 is 2.57 bits per heavy atom. The quantitative estimate of drug-likeness (QED) is 0.830. The van der Waals surface area contributed by atoms with Crippen LogP contribution in [0, 0.1) is 0 Å². The first-order valence-corrected chi connectivity index (χ1v) is 6.79. The zero-order chi connectivity index (χ0) is 14.7. The normalized spacial score (nSPS) is 14.3. The molecule has 2 aromatic rings. The third-order valence-corrected chi connectivity index (χ3v) is 3.60. The van der Waals surface area contributed by atoms with Gasteiger partial charge in [-0.15, -0.1) is 0 Å². The smallest absolute Gasteiger partial charge is 0.219 e.